The largest absolute Gasteiger partial charge is 0.341 e. The van der Waals surface area contributed by atoms with Gasteiger partial charge in [-0.15, -0.1) is 0 Å². The van der Waals surface area contributed by atoms with E-state index < -0.39 is 0 Å². The van der Waals surface area contributed by atoms with E-state index in [1.165, 1.54) is 25.9 Å². The van der Waals surface area contributed by atoms with Crippen molar-refractivity contribution in [3.63, 3.8) is 0 Å². The van der Waals surface area contributed by atoms with Crippen LogP contribution in [0.1, 0.15) is 33.1 Å². The maximum Gasteiger partial charge on any atom is 0.225 e. The van der Waals surface area contributed by atoms with Crippen LogP contribution < -0.4 is 0 Å². The van der Waals surface area contributed by atoms with E-state index in [4.69, 9.17) is 0 Å². The fourth-order valence-electron chi connectivity index (χ4n) is 2.81. The Morgan fingerprint density at radius 1 is 1.31 bits per heavy atom. The lowest BCUT2D eigenvalue weighted by atomic mass is 9.71. The molecular formula is C13H24N2O. The Morgan fingerprint density at radius 2 is 1.88 bits per heavy atom. The summed E-state index contributed by atoms with van der Waals surface area (Å²) in [6.07, 6.45) is 3.51. The first-order valence-electron chi connectivity index (χ1n) is 6.54. The van der Waals surface area contributed by atoms with Crippen molar-refractivity contribution in [3.8, 4) is 0 Å². The zero-order valence-corrected chi connectivity index (χ0v) is 10.8. The van der Waals surface area contributed by atoms with Crippen molar-refractivity contribution in [2.24, 2.45) is 11.3 Å². The summed E-state index contributed by atoms with van der Waals surface area (Å²) in [6.45, 7) is 8.57. The van der Waals surface area contributed by atoms with Crippen molar-refractivity contribution in [2.45, 2.75) is 33.1 Å². The number of likely N-dealkylation sites (tertiary alicyclic amines) is 2. The van der Waals surface area contributed by atoms with Gasteiger partial charge < -0.3 is 9.80 Å². The van der Waals surface area contributed by atoms with Crippen molar-refractivity contribution in [2.75, 3.05) is 33.2 Å². The number of amides is 1. The molecule has 2 aliphatic heterocycles. The summed E-state index contributed by atoms with van der Waals surface area (Å²) < 4.78 is 0. The Morgan fingerprint density at radius 3 is 2.38 bits per heavy atom. The van der Waals surface area contributed by atoms with Gasteiger partial charge in [-0.25, -0.2) is 0 Å². The lowest BCUT2D eigenvalue weighted by Gasteiger charge is -2.54. The molecule has 2 rings (SSSR count). The van der Waals surface area contributed by atoms with Gasteiger partial charge >= 0.3 is 0 Å². The fourth-order valence-corrected chi connectivity index (χ4v) is 2.81. The van der Waals surface area contributed by atoms with Crippen LogP contribution in [0.25, 0.3) is 0 Å². The second-order valence-corrected chi connectivity index (χ2v) is 5.81. The number of piperidine rings is 1. The maximum absolute atomic E-state index is 12.0. The molecule has 0 aliphatic carbocycles. The Labute approximate surface area is 98.8 Å². The van der Waals surface area contributed by atoms with E-state index in [1.807, 2.05) is 6.92 Å². The van der Waals surface area contributed by atoms with Crippen LogP contribution in [0.3, 0.4) is 0 Å². The molecule has 2 aliphatic rings. The van der Waals surface area contributed by atoms with Crippen LogP contribution in [0.5, 0.6) is 0 Å². The average molecular weight is 224 g/mol. The molecule has 0 aromatic carbocycles. The third kappa shape index (κ3) is 2.10. The van der Waals surface area contributed by atoms with Gasteiger partial charge in [0.2, 0.25) is 5.91 Å². The van der Waals surface area contributed by atoms with E-state index in [-0.39, 0.29) is 5.92 Å². The standard InChI is InChI=1S/C13H24N2O/c1-4-11(2)12(16)15-9-13(10-15)5-7-14(3)8-6-13/h11H,4-10H2,1-3H3. The number of rotatable bonds is 2. The predicted molar refractivity (Wildman–Crippen MR) is 65.2 cm³/mol. The van der Waals surface area contributed by atoms with Gasteiger partial charge in [-0.1, -0.05) is 13.8 Å². The first-order valence-corrected chi connectivity index (χ1v) is 6.54. The van der Waals surface area contributed by atoms with Gasteiger partial charge in [0.1, 0.15) is 0 Å². The molecule has 16 heavy (non-hydrogen) atoms. The minimum atomic E-state index is 0.212. The van der Waals surface area contributed by atoms with E-state index in [0.717, 1.165) is 19.5 Å². The first kappa shape index (κ1) is 11.9. The Balaban J connectivity index is 1.83. The molecule has 2 saturated heterocycles. The molecule has 0 radical (unpaired) electrons. The van der Waals surface area contributed by atoms with Gasteiger partial charge in [0.15, 0.2) is 0 Å². The van der Waals surface area contributed by atoms with E-state index in [9.17, 15) is 4.79 Å². The highest BCUT2D eigenvalue weighted by molar-refractivity contribution is 5.79. The summed E-state index contributed by atoms with van der Waals surface area (Å²) in [4.78, 5) is 16.4. The lowest BCUT2D eigenvalue weighted by molar-refractivity contribution is -0.150. The van der Waals surface area contributed by atoms with Gasteiger partial charge in [0.25, 0.3) is 0 Å². The molecule has 0 aromatic heterocycles. The number of hydrogen-bond donors (Lipinski definition) is 0. The summed E-state index contributed by atoms with van der Waals surface area (Å²) in [5, 5.41) is 0. The molecular weight excluding hydrogens is 200 g/mol. The van der Waals surface area contributed by atoms with Crippen LogP contribution in [0.4, 0.5) is 0 Å². The van der Waals surface area contributed by atoms with Crippen LogP contribution in [-0.4, -0.2) is 48.9 Å². The average Bonchev–Trinajstić information content (AvgIpc) is 2.25. The predicted octanol–water partition coefficient (Wildman–Crippen LogP) is 1.59. The van der Waals surface area contributed by atoms with E-state index in [2.05, 4.69) is 23.8 Å². The molecule has 92 valence electrons. The quantitative estimate of drug-likeness (QED) is 0.711. The fraction of sp³-hybridized carbons (Fsp3) is 0.923. The van der Waals surface area contributed by atoms with Gasteiger partial charge in [-0.05, 0) is 39.4 Å². The summed E-state index contributed by atoms with van der Waals surface area (Å²) in [6, 6.07) is 0. The SMILES string of the molecule is CCC(C)C(=O)N1CC2(CCN(C)CC2)C1. The number of carbonyl (C=O) groups excluding carboxylic acids is 1. The van der Waals surface area contributed by atoms with Crippen molar-refractivity contribution >= 4 is 5.91 Å². The molecule has 1 unspecified atom stereocenters. The molecule has 1 atom stereocenters. The summed E-state index contributed by atoms with van der Waals surface area (Å²) in [5.41, 5.74) is 0.482. The lowest BCUT2D eigenvalue weighted by Crippen LogP contribution is -2.62. The van der Waals surface area contributed by atoms with Crippen LogP contribution in [0.2, 0.25) is 0 Å². The number of nitrogens with zero attached hydrogens (tertiary/aromatic N) is 2. The summed E-state index contributed by atoms with van der Waals surface area (Å²) >= 11 is 0. The molecule has 1 amide bonds. The molecule has 0 saturated carbocycles. The molecule has 3 heteroatoms. The van der Waals surface area contributed by atoms with E-state index in [0.29, 0.717) is 11.3 Å². The van der Waals surface area contributed by atoms with Gasteiger partial charge in [-0.2, -0.15) is 0 Å². The van der Waals surface area contributed by atoms with E-state index >= 15 is 0 Å². The Bertz CT molecular complexity index is 261. The van der Waals surface area contributed by atoms with Crippen molar-refractivity contribution < 1.29 is 4.79 Å². The van der Waals surface area contributed by atoms with Crippen molar-refractivity contribution in [1.82, 2.24) is 9.80 Å². The first-order chi connectivity index (χ1) is 7.56. The molecule has 0 aromatic rings. The molecule has 1 spiro atoms. The second kappa shape index (κ2) is 4.36. The minimum Gasteiger partial charge on any atom is -0.341 e. The van der Waals surface area contributed by atoms with Crippen LogP contribution in [-0.2, 0) is 4.79 Å². The second-order valence-electron chi connectivity index (χ2n) is 5.81. The van der Waals surface area contributed by atoms with Crippen molar-refractivity contribution in [1.29, 1.82) is 0 Å². The molecule has 2 fully saturated rings. The number of hydrogen-bond acceptors (Lipinski definition) is 2. The van der Waals surface area contributed by atoms with Gasteiger partial charge in [0, 0.05) is 24.4 Å². The monoisotopic (exact) mass is 224 g/mol. The van der Waals surface area contributed by atoms with Gasteiger partial charge in [-0.3, -0.25) is 4.79 Å². The highest BCUT2D eigenvalue weighted by atomic mass is 16.2. The maximum atomic E-state index is 12.0. The van der Waals surface area contributed by atoms with Crippen LogP contribution in [0, 0.1) is 11.3 Å². The normalized spacial score (nSPS) is 26.6. The van der Waals surface area contributed by atoms with Crippen molar-refractivity contribution in [3.05, 3.63) is 0 Å². The van der Waals surface area contributed by atoms with Crippen LogP contribution >= 0.6 is 0 Å². The third-order valence-corrected chi connectivity index (χ3v) is 4.45. The third-order valence-electron chi connectivity index (χ3n) is 4.45. The van der Waals surface area contributed by atoms with E-state index in [1.54, 1.807) is 0 Å². The minimum absolute atomic E-state index is 0.212. The molecule has 3 nitrogen and oxygen atoms in total. The Kier molecular flexibility index (Phi) is 3.24. The Hall–Kier alpha value is -0.570. The molecule has 0 bridgehead atoms. The smallest absolute Gasteiger partial charge is 0.225 e. The van der Waals surface area contributed by atoms with Gasteiger partial charge in [0.05, 0.1) is 0 Å². The zero-order valence-electron chi connectivity index (χ0n) is 10.8. The summed E-state index contributed by atoms with van der Waals surface area (Å²) in [7, 11) is 2.19. The zero-order chi connectivity index (χ0) is 11.8. The van der Waals surface area contributed by atoms with Crippen LogP contribution in [0.15, 0.2) is 0 Å². The molecule has 0 N–H and O–H groups in total. The highest BCUT2D eigenvalue weighted by Gasteiger charge is 2.46. The highest BCUT2D eigenvalue weighted by Crippen LogP contribution is 2.40. The topological polar surface area (TPSA) is 23.6 Å². The molecule has 2 heterocycles. The summed E-state index contributed by atoms with van der Waals surface area (Å²) in [5.74, 6) is 0.579. The number of carbonyl (C=O) groups is 1.